The van der Waals surface area contributed by atoms with E-state index in [0.29, 0.717) is 6.04 Å². The Labute approximate surface area is 93.1 Å². The molecule has 1 rings (SSSR count). The lowest BCUT2D eigenvalue weighted by molar-refractivity contribution is 0.0470. The second-order valence-corrected chi connectivity index (χ2v) is 5.26. The van der Waals surface area contributed by atoms with Crippen molar-refractivity contribution < 1.29 is 10.2 Å². The highest BCUT2D eigenvalue weighted by Crippen LogP contribution is 2.24. The van der Waals surface area contributed by atoms with Gasteiger partial charge < -0.3 is 10.2 Å². The Morgan fingerprint density at radius 2 is 1.80 bits per heavy atom. The first-order valence-corrected chi connectivity index (χ1v) is 6.10. The Morgan fingerprint density at radius 1 is 1.20 bits per heavy atom. The van der Waals surface area contributed by atoms with Crippen LogP contribution in [0.2, 0.25) is 0 Å². The maximum Gasteiger partial charge on any atom is 0.0603 e. The molecule has 0 aromatic heterocycles. The van der Waals surface area contributed by atoms with E-state index in [2.05, 4.69) is 4.90 Å². The Morgan fingerprint density at radius 3 is 2.27 bits per heavy atom. The van der Waals surface area contributed by atoms with Gasteiger partial charge in [0.1, 0.15) is 0 Å². The van der Waals surface area contributed by atoms with Gasteiger partial charge in [-0.3, -0.25) is 4.90 Å². The van der Waals surface area contributed by atoms with E-state index in [0.717, 1.165) is 19.5 Å². The lowest BCUT2D eigenvalue weighted by Crippen LogP contribution is -2.39. The average Bonchev–Trinajstić information content (AvgIpc) is 2.63. The van der Waals surface area contributed by atoms with E-state index in [1.165, 1.54) is 25.7 Å². The zero-order valence-corrected chi connectivity index (χ0v) is 10.1. The summed E-state index contributed by atoms with van der Waals surface area (Å²) in [5, 5.41) is 18.7. The normalized spacial score (nSPS) is 19.0. The first kappa shape index (κ1) is 12.9. The van der Waals surface area contributed by atoms with Crippen LogP contribution in [-0.4, -0.2) is 46.5 Å². The third kappa shape index (κ3) is 4.96. The first-order valence-electron chi connectivity index (χ1n) is 6.10. The van der Waals surface area contributed by atoms with Crippen LogP contribution in [-0.2, 0) is 0 Å². The Balaban J connectivity index is 2.35. The van der Waals surface area contributed by atoms with Gasteiger partial charge in [0, 0.05) is 19.1 Å². The number of aliphatic hydroxyl groups is 2. The maximum absolute atomic E-state index is 9.69. The lowest BCUT2D eigenvalue weighted by Gasteiger charge is -2.30. The molecule has 1 saturated carbocycles. The zero-order valence-electron chi connectivity index (χ0n) is 10.1. The van der Waals surface area contributed by atoms with Gasteiger partial charge in [0.15, 0.2) is 0 Å². The first-order chi connectivity index (χ1) is 7.03. The molecular formula is C12H25NO2. The Hall–Kier alpha value is -0.120. The van der Waals surface area contributed by atoms with Crippen LogP contribution in [0.25, 0.3) is 0 Å². The van der Waals surface area contributed by atoms with Crippen molar-refractivity contribution in [3.05, 3.63) is 0 Å². The molecule has 0 aromatic rings. The molecule has 0 unspecified atom stereocenters. The van der Waals surface area contributed by atoms with Gasteiger partial charge >= 0.3 is 0 Å². The van der Waals surface area contributed by atoms with Gasteiger partial charge in [-0.15, -0.1) is 0 Å². The molecule has 0 atom stereocenters. The molecular weight excluding hydrogens is 190 g/mol. The van der Waals surface area contributed by atoms with Crippen LogP contribution in [0.4, 0.5) is 0 Å². The molecule has 0 saturated heterocycles. The molecule has 2 N–H and O–H groups in total. The van der Waals surface area contributed by atoms with Crippen LogP contribution in [0.15, 0.2) is 0 Å². The average molecular weight is 215 g/mol. The second-order valence-electron chi connectivity index (χ2n) is 5.26. The van der Waals surface area contributed by atoms with Crippen LogP contribution in [0.3, 0.4) is 0 Å². The zero-order chi connectivity index (χ0) is 11.3. The van der Waals surface area contributed by atoms with E-state index >= 15 is 0 Å². The largest absolute Gasteiger partial charge is 0.395 e. The van der Waals surface area contributed by atoms with E-state index < -0.39 is 5.60 Å². The van der Waals surface area contributed by atoms with Crippen LogP contribution < -0.4 is 0 Å². The Bertz CT molecular complexity index is 171. The van der Waals surface area contributed by atoms with Crippen molar-refractivity contribution in [1.82, 2.24) is 4.90 Å². The summed E-state index contributed by atoms with van der Waals surface area (Å²) in [4.78, 5) is 2.34. The summed E-state index contributed by atoms with van der Waals surface area (Å²) in [6.45, 7) is 5.56. The molecule has 0 aromatic carbocycles. The highest BCUT2D eigenvalue weighted by Gasteiger charge is 2.23. The van der Waals surface area contributed by atoms with Crippen molar-refractivity contribution in [2.75, 3.05) is 19.7 Å². The van der Waals surface area contributed by atoms with Gasteiger partial charge in [-0.1, -0.05) is 12.8 Å². The quantitative estimate of drug-likeness (QED) is 0.703. The summed E-state index contributed by atoms with van der Waals surface area (Å²) >= 11 is 0. The molecule has 3 nitrogen and oxygen atoms in total. The van der Waals surface area contributed by atoms with Gasteiger partial charge in [-0.25, -0.2) is 0 Å². The summed E-state index contributed by atoms with van der Waals surface area (Å²) < 4.78 is 0. The smallest absolute Gasteiger partial charge is 0.0603 e. The minimum Gasteiger partial charge on any atom is -0.395 e. The fourth-order valence-electron chi connectivity index (χ4n) is 2.29. The minimum absolute atomic E-state index is 0.225. The van der Waals surface area contributed by atoms with E-state index in [-0.39, 0.29) is 6.61 Å². The van der Waals surface area contributed by atoms with Crippen LogP contribution >= 0.6 is 0 Å². The van der Waals surface area contributed by atoms with Gasteiger partial charge in [0.2, 0.25) is 0 Å². The molecule has 0 amide bonds. The van der Waals surface area contributed by atoms with Crippen LogP contribution in [0.5, 0.6) is 0 Å². The summed E-state index contributed by atoms with van der Waals surface area (Å²) in [7, 11) is 0. The second kappa shape index (κ2) is 5.83. The van der Waals surface area contributed by atoms with Crippen molar-refractivity contribution in [3.63, 3.8) is 0 Å². The molecule has 1 aliphatic carbocycles. The number of aliphatic hydroxyl groups excluding tert-OH is 1. The summed E-state index contributed by atoms with van der Waals surface area (Å²) in [5.74, 6) is 0. The predicted octanol–water partition coefficient (Wildman–Crippen LogP) is 1.38. The number of nitrogens with zero attached hydrogens (tertiary/aromatic N) is 1. The molecule has 0 radical (unpaired) electrons. The fourth-order valence-corrected chi connectivity index (χ4v) is 2.29. The van der Waals surface area contributed by atoms with Crippen molar-refractivity contribution >= 4 is 0 Å². The van der Waals surface area contributed by atoms with Gasteiger partial charge in [-0.05, 0) is 33.1 Å². The monoisotopic (exact) mass is 215 g/mol. The molecule has 0 aliphatic heterocycles. The number of rotatable bonds is 6. The van der Waals surface area contributed by atoms with Gasteiger partial charge in [-0.2, -0.15) is 0 Å². The maximum atomic E-state index is 9.69. The lowest BCUT2D eigenvalue weighted by atomic mass is 10.0. The highest BCUT2D eigenvalue weighted by atomic mass is 16.3. The third-order valence-electron chi connectivity index (χ3n) is 3.24. The van der Waals surface area contributed by atoms with Crippen molar-refractivity contribution in [3.8, 4) is 0 Å². The molecule has 1 fully saturated rings. The Kier molecular flexibility index (Phi) is 5.03. The molecule has 15 heavy (non-hydrogen) atoms. The molecule has 0 bridgehead atoms. The predicted molar refractivity (Wildman–Crippen MR) is 61.8 cm³/mol. The standard InChI is InChI=1S/C12H25NO2/c1-12(2,15)7-8-13(9-10-14)11-5-3-4-6-11/h11,14-15H,3-10H2,1-2H3. The fraction of sp³-hybridized carbons (Fsp3) is 1.00. The summed E-state index contributed by atoms with van der Waals surface area (Å²) in [6.07, 6.45) is 5.92. The van der Waals surface area contributed by atoms with Gasteiger partial charge in [0.25, 0.3) is 0 Å². The molecule has 3 heteroatoms. The topological polar surface area (TPSA) is 43.7 Å². The van der Waals surface area contributed by atoms with Crippen molar-refractivity contribution in [1.29, 1.82) is 0 Å². The van der Waals surface area contributed by atoms with Crippen molar-refractivity contribution in [2.24, 2.45) is 0 Å². The van der Waals surface area contributed by atoms with E-state index in [1.54, 1.807) is 0 Å². The van der Waals surface area contributed by atoms with Crippen molar-refractivity contribution in [2.45, 2.75) is 57.6 Å². The van der Waals surface area contributed by atoms with Crippen LogP contribution in [0, 0.1) is 0 Å². The molecule has 1 aliphatic rings. The third-order valence-corrected chi connectivity index (χ3v) is 3.24. The van der Waals surface area contributed by atoms with E-state index in [9.17, 15) is 5.11 Å². The van der Waals surface area contributed by atoms with Crippen LogP contribution in [0.1, 0.15) is 46.0 Å². The summed E-state index contributed by atoms with van der Waals surface area (Å²) in [6, 6.07) is 0.638. The number of hydrogen-bond donors (Lipinski definition) is 2. The van der Waals surface area contributed by atoms with E-state index in [4.69, 9.17) is 5.11 Å². The van der Waals surface area contributed by atoms with Gasteiger partial charge in [0.05, 0.1) is 12.2 Å². The molecule has 0 spiro atoms. The number of hydrogen-bond acceptors (Lipinski definition) is 3. The summed E-state index contributed by atoms with van der Waals surface area (Å²) in [5.41, 5.74) is -0.591. The molecule has 90 valence electrons. The SMILES string of the molecule is CC(C)(O)CCN(CCO)C1CCCC1. The minimum atomic E-state index is -0.591. The molecule has 0 heterocycles. The highest BCUT2D eigenvalue weighted by molar-refractivity contribution is 4.79. The van der Waals surface area contributed by atoms with E-state index in [1.807, 2.05) is 13.8 Å².